The quantitative estimate of drug-likeness (QED) is 0.395. The van der Waals surface area contributed by atoms with Gasteiger partial charge in [0.25, 0.3) is 5.91 Å². The van der Waals surface area contributed by atoms with Crippen LogP contribution in [0.25, 0.3) is 22.2 Å². The first-order valence-corrected chi connectivity index (χ1v) is 12.4. The smallest absolute Gasteiger partial charge is 0.254 e. The van der Waals surface area contributed by atoms with E-state index in [1.807, 2.05) is 54.6 Å². The predicted molar refractivity (Wildman–Crippen MR) is 140 cm³/mol. The second-order valence-corrected chi connectivity index (χ2v) is 9.02. The molecule has 1 aliphatic rings. The van der Waals surface area contributed by atoms with Gasteiger partial charge in [-0.15, -0.1) is 10.2 Å². The van der Waals surface area contributed by atoms with Crippen molar-refractivity contribution in [2.75, 3.05) is 39.3 Å². The van der Waals surface area contributed by atoms with Gasteiger partial charge < -0.3 is 10.2 Å². The number of amides is 1. The van der Waals surface area contributed by atoms with Crippen LogP contribution in [0.15, 0.2) is 84.9 Å². The summed E-state index contributed by atoms with van der Waals surface area (Å²) in [5, 5.41) is 12.7. The van der Waals surface area contributed by atoms with Crippen molar-refractivity contribution in [1.29, 1.82) is 0 Å². The summed E-state index contributed by atoms with van der Waals surface area (Å²) in [7, 11) is 0. The van der Waals surface area contributed by atoms with Gasteiger partial charge in [-0.3, -0.25) is 9.69 Å². The van der Waals surface area contributed by atoms with Gasteiger partial charge in [-0.2, -0.15) is 0 Å². The molecular formula is C29H31N5O. The number of aromatic nitrogens is 2. The molecule has 1 saturated heterocycles. The molecule has 0 atom stereocenters. The third kappa shape index (κ3) is 5.73. The van der Waals surface area contributed by atoms with E-state index in [4.69, 9.17) is 0 Å². The van der Waals surface area contributed by atoms with E-state index in [0.29, 0.717) is 17.8 Å². The van der Waals surface area contributed by atoms with Crippen molar-refractivity contribution in [1.82, 2.24) is 25.3 Å². The van der Waals surface area contributed by atoms with E-state index in [9.17, 15) is 4.79 Å². The van der Waals surface area contributed by atoms with Gasteiger partial charge in [0.2, 0.25) is 0 Å². The Kier molecular flexibility index (Phi) is 7.41. The van der Waals surface area contributed by atoms with E-state index in [1.165, 1.54) is 5.56 Å². The molecule has 1 N–H and O–H groups in total. The second kappa shape index (κ2) is 11.2. The number of carbonyl (C=O) groups excluding carboxylic acids is 1. The fraction of sp³-hybridized carbons (Fsp3) is 0.276. The molecule has 1 aliphatic heterocycles. The van der Waals surface area contributed by atoms with Crippen molar-refractivity contribution in [2.24, 2.45) is 0 Å². The first kappa shape index (κ1) is 23.1. The van der Waals surface area contributed by atoms with Gasteiger partial charge in [0.1, 0.15) is 5.69 Å². The van der Waals surface area contributed by atoms with Crippen LogP contribution in [0.4, 0.5) is 0 Å². The number of rotatable bonds is 8. The van der Waals surface area contributed by atoms with Gasteiger partial charge in [-0.05, 0) is 24.6 Å². The number of hydrogen-bond acceptors (Lipinski definition) is 5. The Labute approximate surface area is 206 Å². The number of nitrogens with zero attached hydrogens (tertiary/aromatic N) is 4. The Balaban J connectivity index is 1.16. The molecule has 4 aromatic rings. The third-order valence-corrected chi connectivity index (χ3v) is 6.59. The number of nitrogens with one attached hydrogen (secondary N) is 1. The summed E-state index contributed by atoms with van der Waals surface area (Å²) in [6, 6.07) is 28.1. The zero-order valence-electron chi connectivity index (χ0n) is 19.9. The molecule has 0 aliphatic carbocycles. The Morgan fingerprint density at radius 3 is 2.20 bits per heavy atom. The highest BCUT2D eigenvalue weighted by Gasteiger charge is 2.20. The molecule has 2 heterocycles. The van der Waals surface area contributed by atoms with Crippen LogP contribution >= 0.6 is 0 Å². The van der Waals surface area contributed by atoms with Crippen molar-refractivity contribution in [3.8, 4) is 11.3 Å². The standard InChI is InChI=1S/C29H31N5O/c35-29(27-25-14-7-8-15-26(25)31-32-28(27)24-12-5-2-6-13-24)30-16-9-17-33-18-20-34(21-19-33)22-23-10-3-1-4-11-23/h1-8,10-15H,9,16-22H2,(H,30,35). The Morgan fingerprint density at radius 2 is 1.43 bits per heavy atom. The van der Waals surface area contributed by atoms with E-state index >= 15 is 0 Å². The minimum absolute atomic E-state index is 0.0948. The number of carbonyl (C=O) groups is 1. The molecule has 6 nitrogen and oxygen atoms in total. The first-order chi connectivity index (χ1) is 17.3. The average molecular weight is 466 g/mol. The summed E-state index contributed by atoms with van der Waals surface area (Å²) in [6.45, 7) is 6.93. The summed E-state index contributed by atoms with van der Waals surface area (Å²) >= 11 is 0. The van der Waals surface area contributed by atoms with Crippen LogP contribution in [0.3, 0.4) is 0 Å². The maximum absolute atomic E-state index is 13.3. The molecule has 35 heavy (non-hydrogen) atoms. The SMILES string of the molecule is O=C(NCCCN1CCN(Cc2ccccc2)CC1)c1c(-c2ccccc2)nnc2ccccc12. The van der Waals surface area contributed by atoms with Crippen LogP contribution in [0, 0.1) is 0 Å². The number of benzene rings is 3. The summed E-state index contributed by atoms with van der Waals surface area (Å²) in [5.41, 5.74) is 4.21. The largest absolute Gasteiger partial charge is 0.352 e. The van der Waals surface area contributed by atoms with Crippen LogP contribution in [0.2, 0.25) is 0 Å². The lowest BCUT2D eigenvalue weighted by atomic mass is 10.0. The average Bonchev–Trinajstić information content (AvgIpc) is 2.92. The van der Waals surface area contributed by atoms with E-state index in [0.717, 1.165) is 62.2 Å². The van der Waals surface area contributed by atoms with Crippen molar-refractivity contribution < 1.29 is 4.79 Å². The lowest BCUT2D eigenvalue weighted by Crippen LogP contribution is -2.46. The molecule has 1 aromatic heterocycles. The zero-order chi connectivity index (χ0) is 23.9. The molecule has 0 saturated carbocycles. The normalized spacial score (nSPS) is 14.7. The lowest BCUT2D eigenvalue weighted by molar-refractivity contribution is 0.0949. The lowest BCUT2D eigenvalue weighted by Gasteiger charge is -2.34. The first-order valence-electron chi connectivity index (χ1n) is 12.4. The topological polar surface area (TPSA) is 61.4 Å². The fourth-order valence-electron chi connectivity index (χ4n) is 4.69. The second-order valence-electron chi connectivity index (χ2n) is 9.02. The highest BCUT2D eigenvalue weighted by atomic mass is 16.1. The van der Waals surface area contributed by atoms with E-state index in [-0.39, 0.29) is 5.91 Å². The minimum Gasteiger partial charge on any atom is -0.352 e. The van der Waals surface area contributed by atoms with Crippen LogP contribution < -0.4 is 5.32 Å². The maximum atomic E-state index is 13.3. The third-order valence-electron chi connectivity index (χ3n) is 6.59. The van der Waals surface area contributed by atoms with Crippen LogP contribution in [0.1, 0.15) is 22.3 Å². The maximum Gasteiger partial charge on any atom is 0.254 e. The molecule has 0 spiro atoms. The van der Waals surface area contributed by atoms with Crippen LogP contribution in [-0.4, -0.2) is 65.2 Å². The van der Waals surface area contributed by atoms with Gasteiger partial charge in [-0.1, -0.05) is 78.9 Å². The van der Waals surface area contributed by atoms with E-state index < -0.39 is 0 Å². The molecule has 6 heteroatoms. The molecule has 0 bridgehead atoms. The van der Waals surface area contributed by atoms with Crippen molar-refractivity contribution in [3.63, 3.8) is 0 Å². The monoisotopic (exact) mass is 465 g/mol. The molecule has 0 unspecified atom stereocenters. The highest BCUT2D eigenvalue weighted by Crippen LogP contribution is 2.26. The summed E-state index contributed by atoms with van der Waals surface area (Å²) in [6.07, 6.45) is 0.918. The van der Waals surface area contributed by atoms with Gasteiger partial charge in [0.05, 0.1) is 11.1 Å². The molecule has 0 radical (unpaired) electrons. The van der Waals surface area contributed by atoms with E-state index in [2.05, 4.69) is 55.6 Å². The van der Waals surface area contributed by atoms with Gasteiger partial charge in [0.15, 0.2) is 0 Å². The van der Waals surface area contributed by atoms with Gasteiger partial charge in [0, 0.05) is 50.2 Å². The number of piperazine rings is 1. The summed E-state index contributed by atoms with van der Waals surface area (Å²) in [5.74, 6) is -0.0948. The van der Waals surface area contributed by atoms with Crippen LogP contribution in [0.5, 0.6) is 0 Å². The van der Waals surface area contributed by atoms with Gasteiger partial charge >= 0.3 is 0 Å². The molecule has 5 rings (SSSR count). The van der Waals surface area contributed by atoms with Gasteiger partial charge in [-0.25, -0.2) is 0 Å². The Hall–Kier alpha value is -3.61. The Bertz CT molecular complexity index is 1250. The van der Waals surface area contributed by atoms with Crippen LogP contribution in [-0.2, 0) is 6.54 Å². The predicted octanol–water partition coefficient (Wildman–Crippen LogP) is 4.23. The van der Waals surface area contributed by atoms with E-state index in [1.54, 1.807) is 0 Å². The highest BCUT2D eigenvalue weighted by molar-refractivity contribution is 6.10. The zero-order valence-corrected chi connectivity index (χ0v) is 19.9. The van der Waals surface area contributed by atoms with Crippen molar-refractivity contribution >= 4 is 16.8 Å². The molecule has 178 valence electrons. The molecular weight excluding hydrogens is 434 g/mol. The van der Waals surface area contributed by atoms with Crippen molar-refractivity contribution in [2.45, 2.75) is 13.0 Å². The van der Waals surface area contributed by atoms with Crippen molar-refractivity contribution in [3.05, 3.63) is 96.1 Å². The number of fused-ring (bicyclic) bond motifs is 1. The number of hydrogen-bond donors (Lipinski definition) is 1. The Morgan fingerprint density at radius 1 is 0.771 bits per heavy atom. The molecule has 1 amide bonds. The summed E-state index contributed by atoms with van der Waals surface area (Å²) in [4.78, 5) is 18.3. The minimum atomic E-state index is -0.0948. The molecule has 3 aromatic carbocycles. The summed E-state index contributed by atoms with van der Waals surface area (Å²) < 4.78 is 0. The molecule has 1 fully saturated rings. The fourth-order valence-corrected chi connectivity index (χ4v) is 4.69.